The summed E-state index contributed by atoms with van der Waals surface area (Å²) in [5.41, 5.74) is 1.69. The maximum absolute atomic E-state index is 11.0. The van der Waals surface area contributed by atoms with Gasteiger partial charge >= 0.3 is 5.97 Å². The van der Waals surface area contributed by atoms with Gasteiger partial charge in [0.05, 0.1) is 5.92 Å². The largest absolute Gasteiger partial charge is 0.481 e. The standard InChI is InChI=1S/C11H15NO2/c1-7(2)10(11(13)14)9-4-5-12-8(3)6-9/h4-7,10H,1-3H3,(H,13,14). The molecule has 0 aliphatic carbocycles. The topological polar surface area (TPSA) is 50.2 Å². The summed E-state index contributed by atoms with van der Waals surface area (Å²) < 4.78 is 0. The zero-order valence-corrected chi connectivity index (χ0v) is 8.69. The van der Waals surface area contributed by atoms with Crippen molar-refractivity contribution < 1.29 is 9.90 Å². The molecule has 14 heavy (non-hydrogen) atoms. The molecule has 1 atom stereocenters. The first-order valence-electron chi connectivity index (χ1n) is 4.67. The van der Waals surface area contributed by atoms with Crippen LogP contribution in [0.25, 0.3) is 0 Å². The smallest absolute Gasteiger partial charge is 0.311 e. The minimum atomic E-state index is -0.773. The van der Waals surface area contributed by atoms with Crippen LogP contribution >= 0.6 is 0 Å². The third-order valence-corrected chi connectivity index (χ3v) is 2.21. The second-order valence-electron chi connectivity index (χ2n) is 3.79. The third-order valence-electron chi connectivity index (χ3n) is 2.21. The number of hydrogen-bond donors (Lipinski definition) is 1. The van der Waals surface area contributed by atoms with Crippen molar-refractivity contribution in [3.8, 4) is 0 Å². The molecule has 3 heteroatoms. The van der Waals surface area contributed by atoms with Gasteiger partial charge in [-0.15, -0.1) is 0 Å². The number of rotatable bonds is 3. The van der Waals surface area contributed by atoms with Crippen molar-refractivity contribution in [1.29, 1.82) is 0 Å². The molecule has 0 saturated carbocycles. The van der Waals surface area contributed by atoms with Gasteiger partial charge in [-0.25, -0.2) is 0 Å². The number of nitrogens with zero attached hydrogens (tertiary/aromatic N) is 1. The van der Waals surface area contributed by atoms with E-state index >= 15 is 0 Å². The van der Waals surface area contributed by atoms with E-state index in [9.17, 15) is 4.79 Å². The van der Waals surface area contributed by atoms with Gasteiger partial charge in [-0.05, 0) is 30.5 Å². The fraction of sp³-hybridized carbons (Fsp3) is 0.455. The van der Waals surface area contributed by atoms with Crippen molar-refractivity contribution >= 4 is 5.97 Å². The molecular weight excluding hydrogens is 178 g/mol. The van der Waals surface area contributed by atoms with Crippen LogP contribution < -0.4 is 0 Å². The Balaban J connectivity index is 3.05. The molecular formula is C11H15NO2. The van der Waals surface area contributed by atoms with Gasteiger partial charge in [0.1, 0.15) is 0 Å². The van der Waals surface area contributed by atoms with Crippen LogP contribution in [0.15, 0.2) is 18.3 Å². The zero-order chi connectivity index (χ0) is 10.7. The molecule has 0 fully saturated rings. The molecule has 0 radical (unpaired) electrons. The summed E-state index contributed by atoms with van der Waals surface area (Å²) >= 11 is 0. The Labute approximate surface area is 83.8 Å². The highest BCUT2D eigenvalue weighted by molar-refractivity contribution is 5.76. The highest BCUT2D eigenvalue weighted by Crippen LogP contribution is 2.24. The zero-order valence-electron chi connectivity index (χ0n) is 8.69. The average molecular weight is 193 g/mol. The fourth-order valence-electron chi connectivity index (χ4n) is 1.57. The lowest BCUT2D eigenvalue weighted by molar-refractivity contribution is -0.139. The summed E-state index contributed by atoms with van der Waals surface area (Å²) in [4.78, 5) is 15.1. The number of carboxylic acid groups (broad SMARTS) is 1. The summed E-state index contributed by atoms with van der Waals surface area (Å²) in [7, 11) is 0. The van der Waals surface area contributed by atoms with Crippen molar-refractivity contribution in [3.63, 3.8) is 0 Å². The van der Waals surface area contributed by atoms with Gasteiger partial charge in [0, 0.05) is 11.9 Å². The van der Waals surface area contributed by atoms with E-state index in [0.29, 0.717) is 0 Å². The lowest BCUT2D eigenvalue weighted by Gasteiger charge is -2.16. The van der Waals surface area contributed by atoms with Crippen LogP contribution in [0.1, 0.15) is 31.0 Å². The van der Waals surface area contributed by atoms with Gasteiger partial charge in [0.2, 0.25) is 0 Å². The van der Waals surface area contributed by atoms with E-state index in [4.69, 9.17) is 5.11 Å². The molecule has 1 rings (SSSR count). The van der Waals surface area contributed by atoms with Crippen molar-refractivity contribution in [2.45, 2.75) is 26.7 Å². The first kappa shape index (κ1) is 10.7. The molecule has 1 aromatic rings. The predicted molar refractivity (Wildman–Crippen MR) is 54.2 cm³/mol. The van der Waals surface area contributed by atoms with Crippen LogP contribution in [-0.2, 0) is 4.79 Å². The Kier molecular flexibility index (Phi) is 3.23. The molecule has 0 amide bonds. The first-order valence-corrected chi connectivity index (χ1v) is 4.67. The van der Waals surface area contributed by atoms with E-state index < -0.39 is 11.9 Å². The van der Waals surface area contributed by atoms with Crippen LogP contribution in [0, 0.1) is 12.8 Å². The highest BCUT2D eigenvalue weighted by atomic mass is 16.4. The Bertz CT molecular complexity index is 334. The minimum Gasteiger partial charge on any atom is -0.481 e. The molecule has 0 spiro atoms. The Morgan fingerprint density at radius 3 is 2.57 bits per heavy atom. The summed E-state index contributed by atoms with van der Waals surface area (Å²) in [6.45, 7) is 5.69. The molecule has 1 heterocycles. The maximum atomic E-state index is 11.0. The number of aryl methyl sites for hydroxylation is 1. The summed E-state index contributed by atoms with van der Waals surface area (Å²) in [6.07, 6.45) is 1.66. The first-order chi connectivity index (χ1) is 6.52. The number of carboxylic acids is 1. The van der Waals surface area contributed by atoms with E-state index in [1.165, 1.54) is 0 Å². The van der Waals surface area contributed by atoms with Crippen LogP contribution in [0.4, 0.5) is 0 Å². The van der Waals surface area contributed by atoms with Crippen molar-refractivity contribution in [3.05, 3.63) is 29.6 Å². The van der Waals surface area contributed by atoms with Gasteiger partial charge in [-0.3, -0.25) is 9.78 Å². The molecule has 0 bridgehead atoms. The number of hydrogen-bond acceptors (Lipinski definition) is 2. The second kappa shape index (κ2) is 4.22. The van der Waals surface area contributed by atoms with Crippen molar-refractivity contribution in [2.24, 2.45) is 5.92 Å². The molecule has 0 aliphatic heterocycles. The molecule has 1 N–H and O–H groups in total. The SMILES string of the molecule is Cc1cc(C(C(=O)O)C(C)C)ccn1. The minimum absolute atomic E-state index is 0.0919. The van der Waals surface area contributed by atoms with Crippen LogP contribution in [0.3, 0.4) is 0 Å². The lowest BCUT2D eigenvalue weighted by atomic mass is 9.89. The number of pyridine rings is 1. The van der Waals surface area contributed by atoms with E-state index in [-0.39, 0.29) is 5.92 Å². The third kappa shape index (κ3) is 2.31. The Morgan fingerprint density at radius 1 is 1.50 bits per heavy atom. The van der Waals surface area contributed by atoms with Gasteiger partial charge in [0.15, 0.2) is 0 Å². The molecule has 76 valence electrons. The van der Waals surface area contributed by atoms with E-state index in [1.54, 1.807) is 12.3 Å². The van der Waals surface area contributed by atoms with E-state index in [0.717, 1.165) is 11.3 Å². The van der Waals surface area contributed by atoms with Gasteiger partial charge < -0.3 is 5.11 Å². The molecule has 0 saturated heterocycles. The van der Waals surface area contributed by atoms with Gasteiger partial charge in [-0.1, -0.05) is 13.8 Å². The Hall–Kier alpha value is -1.38. The van der Waals surface area contributed by atoms with Crippen molar-refractivity contribution in [2.75, 3.05) is 0 Å². The second-order valence-corrected chi connectivity index (χ2v) is 3.79. The molecule has 1 unspecified atom stereocenters. The number of aliphatic carboxylic acids is 1. The highest BCUT2D eigenvalue weighted by Gasteiger charge is 2.23. The van der Waals surface area contributed by atoms with Gasteiger partial charge in [-0.2, -0.15) is 0 Å². The van der Waals surface area contributed by atoms with E-state index in [2.05, 4.69) is 4.98 Å². The van der Waals surface area contributed by atoms with Crippen molar-refractivity contribution in [1.82, 2.24) is 4.98 Å². The molecule has 0 aliphatic rings. The molecule has 3 nitrogen and oxygen atoms in total. The summed E-state index contributed by atoms with van der Waals surface area (Å²) in [5.74, 6) is -1.11. The normalized spacial score (nSPS) is 12.9. The average Bonchev–Trinajstić information content (AvgIpc) is 2.02. The summed E-state index contributed by atoms with van der Waals surface area (Å²) in [6, 6.07) is 3.60. The maximum Gasteiger partial charge on any atom is 0.311 e. The van der Waals surface area contributed by atoms with Crippen LogP contribution in [0.2, 0.25) is 0 Å². The van der Waals surface area contributed by atoms with E-state index in [1.807, 2.05) is 26.8 Å². The number of aromatic nitrogens is 1. The monoisotopic (exact) mass is 193 g/mol. The molecule has 1 aromatic heterocycles. The lowest BCUT2D eigenvalue weighted by Crippen LogP contribution is -2.17. The predicted octanol–water partition coefficient (Wildman–Crippen LogP) is 2.21. The fourth-order valence-corrected chi connectivity index (χ4v) is 1.57. The number of carbonyl (C=O) groups is 1. The van der Waals surface area contributed by atoms with Gasteiger partial charge in [0.25, 0.3) is 0 Å². The summed E-state index contributed by atoms with van der Waals surface area (Å²) in [5, 5.41) is 9.07. The molecule has 0 aromatic carbocycles. The quantitative estimate of drug-likeness (QED) is 0.800. The van der Waals surface area contributed by atoms with Crippen LogP contribution in [-0.4, -0.2) is 16.1 Å². The Morgan fingerprint density at radius 2 is 2.14 bits per heavy atom. The van der Waals surface area contributed by atoms with Crippen LogP contribution in [0.5, 0.6) is 0 Å².